The molecule has 0 fully saturated rings. The second kappa shape index (κ2) is 6.49. The molecule has 0 aliphatic heterocycles. The predicted molar refractivity (Wildman–Crippen MR) is 81.7 cm³/mol. The highest BCUT2D eigenvalue weighted by Crippen LogP contribution is 2.23. The third kappa shape index (κ3) is 3.66. The van der Waals surface area contributed by atoms with Gasteiger partial charge in [0.15, 0.2) is 5.82 Å². The van der Waals surface area contributed by atoms with Gasteiger partial charge in [0.05, 0.1) is 11.4 Å². The van der Waals surface area contributed by atoms with Crippen molar-refractivity contribution in [2.45, 2.75) is 24.9 Å². The quantitative estimate of drug-likeness (QED) is 0.439. The van der Waals surface area contributed by atoms with Crippen molar-refractivity contribution >= 4 is 23.4 Å². The summed E-state index contributed by atoms with van der Waals surface area (Å²) in [4.78, 5) is 11.8. The number of thioether (sulfide) groups is 1. The second-order valence-electron chi connectivity index (χ2n) is 4.72. The van der Waals surface area contributed by atoms with Crippen molar-refractivity contribution in [3.05, 3.63) is 30.1 Å². The first-order chi connectivity index (χ1) is 9.99. The normalized spacial score (nSPS) is 10.8. The molecule has 112 valence electrons. The van der Waals surface area contributed by atoms with Gasteiger partial charge in [-0.1, -0.05) is 37.7 Å². The summed E-state index contributed by atoms with van der Waals surface area (Å²) in [5, 5.41) is 20.6. The van der Waals surface area contributed by atoms with Crippen LogP contribution in [0.1, 0.15) is 25.6 Å². The largest absolute Gasteiger partial charge is 0.506 e. The Balaban J connectivity index is 1.94. The Hall–Kier alpha value is -2.22. The average molecular weight is 307 g/mol. The van der Waals surface area contributed by atoms with Crippen LogP contribution < -0.4 is 11.2 Å². The van der Waals surface area contributed by atoms with Gasteiger partial charge in [0.1, 0.15) is 5.75 Å². The molecule has 1 aromatic carbocycles. The van der Waals surface area contributed by atoms with Crippen molar-refractivity contribution < 1.29 is 9.90 Å². The summed E-state index contributed by atoms with van der Waals surface area (Å²) >= 11 is 1.19. The number of phenolic OH excluding ortho intramolecular Hbond substituents is 1. The minimum absolute atomic E-state index is 0.0277. The maximum atomic E-state index is 11.8. The van der Waals surface area contributed by atoms with Crippen LogP contribution in [0.3, 0.4) is 0 Å². The highest BCUT2D eigenvalue weighted by molar-refractivity contribution is 7.99. The van der Waals surface area contributed by atoms with E-state index in [1.807, 2.05) is 13.8 Å². The van der Waals surface area contributed by atoms with E-state index < -0.39 is 0 Å². The van der Waals surface area contributed by atoms with E-state index in [1.54, 1.807) is 18.2 Å². The van der Waals surface area contributed by atoms with E-state index in [1.165, 1.54) is 22.5 Å². The molecule has 1 heterocycles. The van der Waals surface area contributed by atoms with Crippen LogP contribution in [0.15, 0.2) is 29.4 Å². The highest BCUT2D eigenvalue weighted by atomic mass is 32.2. The maximum absolute atomic E-state index is 11.8. The molecule has 0 saturated carbocycles. The van der Waals surface area contributed by atoms with E-state index in [0.717, 1.165) is 0 Å². The number of carbonyl (C=O) groups is 1. The number of phenols is 1. The number of hydrogen-bond donors (Lipinski definition) is 3. The number of nitrogens with one attached hydrogen (secondary N) is 1. The average Bonchev–Trinajstić information content (AvgIpc) is 2.80. The third-order valence-electron chi connectivity index (χ3n) is 2.72. The van der Waals surface area contributed by atoms with Crippen LogP contribution in [0, 0.1) is 0 Å². The van der Waals surface area contributed by atoms with Gasteiger partial charge in [-0.25, -0.2) is 4.68 Å². The van der Waals surface area contributed by atoms with Gasteiger partial charge in [-0.05, 0) is 12.1 Å². The summed E-state index contributed by atoms with van der Waals surface area (Å²) in [6, 6.07) is 6.55. The third-order valence-corrected chi connectivity index (χ3v) is 3.66. The maximum Gasteiger partial charge on any atom is 0.234 e. The Bertz CT molecular complexity index is 641. The fraction of sp³-hybridized carbons (Fsp3) is 0.308. The molecule has 0 atom stereocenters. The molecule has 0 bridgehead atoms. The minimum Gasteiger partial charge on any atom is -0.506 e. The molecule has 7 nitrogen and oxygen atoms in total. The first-order valence-corrected chi connectivity index (χ1v) is 7.38. The number of anilines is 1. The zero-order valence-electron chi connectivity index (χ0n) is 11.8. The van der Waals surface area contributed by atoms with Gasteiger partial charge in [-0.2, -0.15) is 0 Å². The van der Waals surface area contributed by atoms with E-state index in [0.29, 0.717) is 16.7 Å². The first kappa shape index (κ1) is 15.2. The summed E-state index contributed by atoms with van der Waals surface area (Å²) < 4.78 is 1.39. The SMILES string of the molecule is CC(C)c1nnc(SCC(=O)Nc2ccccc2O)n1N. The fourth-order valence-corrected chi connectivity index (χ4v) is 2.34. The Morgan fingerprint density at radius 1 is 1.43 bits per heavy atom. The molecular weight excluding hydrogens is 290 g/mol. The lowest BCUT2D eigenvalue weighted by molar-refractivity contribution is -0.113. The van der Waals surface area contributed by atoms with E-state index >= 15 is 0 Å². The van der Waals surface area contributed by atoms with E-state index in [-0.39, 0.29) is 23.3 Å². The van der Waals surface area contributed by atoms with Crippen LogP contribution in [0.2, 0.25) is 0 Å². The smallest absolute Gasteiger partial charge is 0.234 e. The Kier molecular flexibility index (Phi) is 4.69. The van der Waals surface area contributed by atoms with Crippen molar-refractivity contribution in [1.82, 2.24) is 14.9 Å². The van der Waals surface area contributed by atoms with Crippen LogP contribution in [-0.2, 0) is 4.79 Å². The number of nitrogen functional groups attached to an aromatic ring is 1. The Labute approximate surface area is 126 Å². The fourth-order valence-electron chi connectivity index (χ4n) is 1.68. The lowest BCUT2D eigenvalue weighted by Crippen LogP contribution is -2.17. The number of aromatic hydroxyl groups is 1. The lowest BCUT2D eigenvalue weighted by atomic mass is 10.2. The monoisotopic (exact) mass is 307 g/mol. The number of hydrogen-bond acceptors (Lipinski definition) is 6. The molecule has 0 aliphatic carbocycles. The van der Waals surface area contributed by atoms with Crippen molar-refractivity contribution in [2.75, 3.05) is 16.9 Å². The molecule has 0 saturated heterocycles. The molecule has 1 aromatic heterocycles. The predicted octanol–water partition coefficient (Wildman–Crippen LogP) is 1.55. The molecule has 8 heteroatoms. The second-order valence-corrected chi connectivity index (χ2v) is 5.66. The number of carbonyl (C=O) groups excluding carboxylic acids is 1. The van der Waals surface area contributed by atoms with Gasteiger partial charge < -0.3 is 16.3 Å². The van der Waals surface area contributed by atoms with Crippen LogP contribution in [0.5, 0.6) is 5.75 Å². The standard InChI is InChI=1S/C13H17N5O2S/c1-8(2)12-16-17-13(18(12)14)21-7-11(20)15-9-5-3-4-6-10(9)19/h3-6,8,19H,7,14H2,1-2H3,(H,15,20). The van der Waals surface area contributed by atoms with Crippen molar-refractivity contribution in [3.63, 3.8) is 0 Å². The molecule has 0 unspecified atom stereocenters. The molecule has 0 radical (unpaired) electrons. The van der Waals surface area contributed by atoms with E-state index in [9.17, 15) is 9.90 Å². The van der Waals surface area contributed by atoms with Crippen LogP contribution in [0.25, 0.3) is 0 Å². The zero-order valence-corrected chi connectivity index (χ0v) is 12.6. The van der Waals surface area contributed by atoms with Gasteiger partial charge in [0.25, 0.3) is 0 Å². The molecule has 21 heavy (non-hydrogen) atoms. The molecule has 4 N–H and O–H groups in total. The molecule has 0 spiro atoms. The van der Waals surface area contributed by atoms with Crippen molar-refractivity contribution in [1.29, 1.82) is 0 Å². The summed E-state index contributed by atoms with van der Waals surface area (Å²) in [7, 11) is 0. The van der Waals surface area contributed by atoms with E-state index in [4.69, 9.17) is 5.84 Å². The van der Waals surface area contributed by atoms with Gasteiger partial charge in [0, 0.05) is 5.92 Å². The summed E-state index contributed by atoms with van der Waals surface area (Å²) in [6.45, 7) is 3.93. The van der Waals surface area contributed by atoms with Gasteiger partial charge in [-0.15, -0.1) is 10.2 Å². The van der Waals surface area contributed by atoms with Gasteiger partial charge in [0.2, 0.25) is 11.1 Å². The van der Waals surface area contributed by atoms with Crippen LogP contribution in [-0.4, -0.2) is 31.6 Å². The number of benzene rings is 1. The summed E-state index contributed by atoms with van der Waals surface area (Å²) in [6.07, 6.45) is 0. The highest BCUT2D eigenvalue weighted by Gasteiger charge is 2.14. The number of nitrogens with zero attached hydrogens (tertiary/aromatic N) is 3. The van der Waals surface area contributed by atoms with E-state index in [2.05, 4.69) is 15.5 Å². The topological polar surface area (TPSA) is 106 Å². The molecule has 1 amide bonds. The number of nitrogens with two attached hydrogens (primary N) is 1. The zero-order chi connectivity index (χ0) is 15.4. The van der Waals surface area contributed by atoms with Gasteiger partial charge >= 0.3 is 0 Å². The Morgan fingerprint density at radius 3 is 2.76 bits per heavy atom. The van der Waals surface area contributed by atoms with Gasteiger partial charge in [-0.3, -0.25) is 4.79 Å². The molecule has 0 aliphatic rings. The molecule has 2 aromatic rings. The summed E-state index contributed by atoms with van der Waals surface area (Å²) in [5.74, 6) is 6.59. The first-order valence-electron chi connectivity index (χ1n) is 6.40. The number of amides is 1. The Morgan fingerprint density at radius 2 is 2.14 bits per heavy atom. The number of para-hydroxylation sites is 2. The van der Waals surface area contributed by atoms with Crippen molar-refractivity contribution in [2.24, 2.45) is 0 Å². The molecular formula is C13H17N5O2S. The number of aromatic nitrogens is 3. The molecule has 2 rings (SSSR count). The number of rotatable bonds is 5. The van der Waals surface area contributed by atoms with Crippen molar-refractivity contribution in [3.8, 4) is 5.75 Å². The summed E-state index contributed by atoms with van der Waals surface area (Å²) in [5.41, 5.74) is 0.375. The van der Waals surface area contributed by atoms with Crippen LogP contribution in [0.4, 0.5) is 5.69 Å². The minimum atomic E-state index is -0.254. The van der Waals surface area contributed by atoms with Crippen LogP contribution >= 0.6 is 11.8 Å². The lowest BCUT2D eigenvalue weighted by Gasteiger charge is -2.07.